The lowest BCUT2D eigenvalue weighted by Gasteiger charge is -2.27. The summed E-state index contributed by atoms with van der Waals surface area (Å²) in [6.45, 7) is 2.15. The Labute approximate surface area is 111 Å². The fourth-order valence-corrected chi connectivity index (χ4v) is 2.79. The highest BCUT2D eigenvalue weighted by Crippen LogP contribution is 2.35. The fourth-order valence-electron chi connectivity index (χ4n) is 2.79. The average molecular weight is 252 g/mol. The van der Waals surface area contributed by atoms with Gasteiger partial charge in [-0.05, 0) is 49.9 Å². The molecule has 3 heterocycles. The van der Waals surface area contributed by atoms with Crippen molar-refractivity contribution in [3.63, 3.8) is 0 Å². The van der Waals surface area contributed by atoms with E-state index in [4.69, 9.17) is 0 Å². The van der Waals surface area contributed by atoms with E-state index in [1.807, 2.05) is 23.0 Å². The van der Waals surface area contributed by atoms with Crippen molar-refractivity contribution < 1.29 is 0 Å². The summed E-state index contributed by atoms with van der Waals surface area (Å²) in [6, 6.07) is 6.90. The molecular weight excluding hydrogens is 236 g/mol. The van der Waals surface area contributed by atoms with Crippen LogP contribution in [0.2, 0.25) is 0 Å². The zero-order valence-corrected chi connectivity index (χ0v) is 11.0. The van der Waals surface area contributed by atoms with E-state index in [0.717, 1.165) is 5.52 Å². The van der Waals surface area contributed by atoms with Crippen LogP contribution in [0.1, 0.15) is 30.9 Å². The number of aryl methyl sites for hydroxylation is 1. The molecule has 96 valence electrons. The van der Waals surface area contributed by atoms with Gasteiger partial charge < -0.3 is 0 Å². The third-order valence-corrected chi connectivity index (χ3v) is 4.11. The van der Waals surface area contributed by atoms with Crippen molar-refractivity contribution in [3.8, 4) is 11.3 Å². The Bertz CT molecular complexity index is 734. The van der Waals surface area contributed by atoms with Crippen molar-refractivity contribution >= 4 is 5.52 Å². The molecule has 0 N–H and O–H groups in total. The number of pyridine rings is 1. The van der Waals surface area contributed by atoms with Crippen LogP contribution < -0.4 is 0 Å². The molecule has 0 aromatic carbocycles. The molecule has 1 aliphatic carbocycles. The van der Waals surface area contributed by atoms with Crippen LogP contribution in [0.4, 0.5) is 0 Å². The number of hydrogen-bond acceptors (Lipinski definition) is 2. The first-order chi connectivity index (χ1) is 9.33. The molecule has 3 aromatic rings. The van der Waals surface area contributed by atoms with Crippen LogP contribution in [-0.2, 0) is 0 Å². The van der Waals surface area contributed by atoms with Gasteiger partial charge in [-0.25, -0.2) is 4.52 Å². The molecule has 0 atom stereocenters. The topological polar surface area (TPSA) is 35.1 Å². The van der Waals surface area contributed by atoms with Gasteiger partial charge in [-0.15, -0.1) is 0 Å². The molecule has 0 saturated heterocycles. The summed E-state index contributed by atoms with van der Waals surface area (Å²) in [5.74, 6) is 0. The molecule has 4 rings (SSSR count). The highest BCUT2D eigenvalue weighted by molar-refractivity contribution is 5.66. The molecule has 0 unspecified atom stereocenters. The van der Waals surface area contributed by atoms with Gasteiger partial charge in [0.25, 0.3) is 0 Å². The van der Waals surface area contributed by atoms with E-state index in [1.165, 1.54) is 36.1 Å². The van der Waals surface area contributed by atoms with Crippen LogP contribution in [0, 0.1) is 6.92 Å². The van der Waals surface area contributed by atoms with Crippen LogP contribution in [0.5, 0.6) is 0 Å². The zero-order chi connectivity index (χ0) is 12.8. The van der Waals surface area contributed by atoms with Crippen LogP contribution in [-0.4, -0.2) is 19.4 Å². The normalized spacial score (nSPS) is 15.8. The standard InChI is InChI=1S/C15H16N4/c1-11-9-13-5-7-16-18(13)10-14(11)15-6-8-17-19(15)12-3-2-4-12/h5-10,12H,2-4H2,1H3. The first-order valence-corrected chi connectivity index (χ1v) is 6.81. The molecule has 0 radical (unpaired) electrons. The SMILES string of the molecule is Cc1cc2ccnn2cc1-c1ccnn1C1CCC1. The van der Waals surface area contributed by atoms with Gasteiger partial charge in [0.15, 0.2) is 0 Å². The highest BCUT2D eigenvalue weighted by atomic mass is 15.3. The lowest BCUT2D eigenvalue weighted by Crippen LogP contribution is -2.19. The Hall–Kier alpha value is -2.10. The summed E-state index contributed by atoms with van der Waals surface area (Å²) in [5.41, 5.74) is 4.84. The largest absolute Gasteiger partial charge is 0.262 e. The Morgan fingerprint density at radius 2 is 2.00 bits per heavy atom. The third kappa shape index (κ3) is 1.59. The van der Waals surface area contributed by atoms with Crippen molar-refractivity contribution in [2.24, 2.45) is 0 Å². The molecule has 0 bridgehead atoms. The maximum Gasteiger partial charge on any atom is 0.0703 e. The monoisotopic (exact) mass is 252 g/mol. The number of hydrogen-bond donors (Lipinski definition) is 0. The highest BCUT2D eigenvalue weighted by Gasteiger charge is 2.23. The summed E-state index contributed by atoms with van der Waals surface area (Å²) in [5, 5.41) is 8.84. The quantitative estimate of drug-likeness (QED) is 0.702. The van der Waals surface area contributed by atoms with E-state index < -0.39 is 0 Å². The van der Waals surface area contributed by atoms with Gasteiger partial charge in [-0.3, -0.25) is 4.68 Å². The predicted molar refractivity (Wildman–Crippen MR) is 74.0 cm³/mol. The predicted octanol–water partition coefficient (Wildman–Crippen LogP) is 3.23. The molecule has 0 spiro atoms. The van der Waals surface area contributed by atoms with Gasteiger partial charge in [0.2, 0.25) is 0 Å². The molecule has 0 aliphatic heterocycles. The van der Waals surface area contributed by atoms with Crippen LogP contribution in [0.15, 0.2) is 36.8 Å². The summed E-state index contributed by atoms with van der Waals surface area (Å²) in [6.07, 6.45) is 9.66. The van der Waals surface area contributed by atoms with Gasteiger partial charge in [-0.2, -0.15) is 10.2 Å². The first kappa shape index (κ1) is 10.8. The average Bonchev–Trinajstić information content (AvgIpc) is 2.94. The summed E-state index contributed by atoms with van der Waals surface area (Å²) >= 11 is 0. The van der Waals surface area contributed by atoms with Gasteiger partial charge in [0.1, 0.15) is 0 Å². The zero-order valence-electron chi connectivity index (χ0n) is 11.0. The minimum atomic E-state index is 0.581. The number of nitrogens with zero attached hydrogens (tertiary/aromatic N) is 4. The maximum absolute atomic E-state index is 4.51. The molecule has 3 aromatic heterocycles. The van der Waals surface area contributed by atoms with E-state index in [-0.39, 0.29) is 0 Å². The minimum absolute atomic E-state index is 0.581. The third-order valence-electron chi connectivity index (χ3n) is 4.11. The minimum Gasteiger partial charge on any atom is -0.262 e. The fraction of sp³-hybridized carbons (Fsp3) is 0.333. The number of aromatic nitrogens is 4. The number of fused-ring (bicyclic) bond motifs is 1. The summed E-state index contributed by atoms with van der Waals surface area (Å²) < 4.78 is 4.11. The molecule has 0 amide bonds. The molecule has 19 heavy (non-hydrogen) atoms. The van der Waals surface area contributed by atoms with Crippen LogP contribution >= 0.6 is 0 Å². The van der Waals surface area contributed by atoms with Crippen LogP contribution in [0.25, 0.3) is 16.8 Å². The van der Waals surface area contributed by atoms with E-state index in [0.29, 0.717) is 6.04 Å². The molecular formula is C15H16N4. The Morgan fingerprint density at radius 1 is 1.16 bits per heavy atom. The molecule has 1 saturated carbocycles. The second-order valence-corrected chi connectivity index (χ2v) is 5.32. The van der Waals surface area contributed by atoms with Gasteiger partial charge in [0, 0.05) is 24.2 Å². The summed E-state index contributed by atoms with van der Waals surface area (Å²) in [4.78, 5) is 0. The molecule has 1 aliphatic rings. The van der Waals surface area contributed by atoms with E-state index in [9.17, 15) is 0 Å². The number of rotatable bonds is 2. The molecule has 1 fully saturated rings. The second-order valence-electron chi connectivity index (χ2n) is 5.32. The second kappa shape index (κ2) is 3.95. The lowest BCUT2D eigenvalue weighted by atomic mass is 9.93. The van der Waals surface area contributed by atoms with Crippen molar-refractivity contribution in [3.05, 3.63) is 42.4 Å². The van der Waals surface area contributed by atoms with E-state index in [1.54, 1.807) is 0 Å². The van der Waals surface area contributed by atoms with Crippen molar-refractivity contribution in [1.82, 2.24) is 19.4 Å². The Morgan fingerprint density at radius 3 is 2.79 bits per heavy atom. The summed E-state index contributed by atoms with van der Waals surface area (Å²) in [7, 11) is 0. The lowest BCUT2D eigenvalue weighted by molar-refractivity contribution is 0.292. The Kier molecular flexibility index (Phi) is 2.24. The molecule has 4 heteroatoms. The van der Waals surface area contributed by atoms with Gasteiger partial charge in [0.05, 0.1) is 17.3 Å². The maximum atomic E-state index is 4.51. The first-order valence-electron chi connectivity index (χ1n) is 6.81. The van der Waals surface area contributed by atoms with Crippen molar-refractivity contribution in [2.75, 3.05) is 0 Å². The van der Waals surface area contributed by atoms with Crippen molar-refractivity contribution in [2.45, 2.75) is 32.2 Å². The molecule has 4 nitrogen and oxygen atoms in total. The van der Waals surface area contributed by atoms with Crippen LogP contribution in [0.3, 0.4) is 0 Å². The van der Waals surface area contributed by atoms with Gasteiger partial charge in [-0.1, -0.05) is 0 Å². The van der Waals surface area contributed by atoms with Crippen molar-refractivity contribution in [1.29, 1.82) is 0 Å². The van der Waals surface area contributed by atoms with E-state index in [2.05, 4.69) is 40.1 Å². The Balaban J connectivity index is 1.89. The smallest absolute Gasteiger partial charge is 0.0703 e. The van der Waals surface area contributed by atoms with E-state index >= 15 is 0 Å². The van der Waals surface area contributed by atoms with Gasteiger partial charge >= 0.3 is 0 Å².